The van der Waals surface area contributed by atoms with Crippen molar-refractivity contribution in [3.63, 3.8) is 0 Å². The van der Waals surface area contributed by atoms with Gasteiger partial charge in [-0.1, -0.05) is 48.0 Å². The van der Waals surface area contributed by atoms with Crippen molar-refractivity contribution in [1.82, 2.24) is 4.72 Å². The Kier molecular flexibility index (Phi) is 4.93. The predicted molar refractivity (Wildman–Crippen MR) is 81.5 cm³/mol. The first-order chi connectivity index (χ1) is 10.3. The highest BCUT2D eigenvalue weighted by Crippen LogP contribution is 2.20. The molecule has 0 bridgehead atoms. The van der Waals surface area contributed by atoms with Crippen LogP contribution in [-0.4, -0.2) is 20.9 Å². The van der Waals surface area contributed by atoms with Crippen molar-refractivity contribution in [2.45, 2.75) is 24.2 Å². The summed E-state index contributed by atoms with van der Waals surface area (Å²) in [7, 11) is -3.93. The van der Waals surface area contributed by atoms with Crippen molar-refractivity contribution in [3.8, 4) is 0 Å². The zero-order valence-electron chi connectivity index (χ0n) is 12.1. The molecule has 3 nitrogen and oxygen atoms in total. The molecular formula is C16H17F2NO2S. The van der Waals surface area contributed by atoms with Crippen LogP contribution in [0, 0.1) is 6.92 Å². The van der Waals surface area contributed by atoms with E-state index in [1.807, 2.05) is 11.6 Å². The van der Waals surface area contributed by atoms with Gasteiger partial charge in [-0.2, -0.15) is 0 Å². The van der Waals surface area contributed by atoms with Gasteiger partial charge in [0.25, 0.3) is 5.92 Å². The van der Waals surface area contributed by atoms with Gasteiger partial charge in [0.05, 0.1) is 11.4 Å². The smallest absolute Gasteiger partial charge is 0.207 e. The molecule has 22 heavy (non-hydrogen) atoms. The normalized spacial score (nSPS) is 12.3. The molecule has 0 amide bonds. The van der Waals surface area contributed by atoms with E-state index in [-0.39, 0.29) is 4.90 Å². The molecule has 2 aromatic rings. The molecule has 6 heteroatoms. The van der Waals surface area contributed by atoms with E-state index in [9.17, 15) is 17.2 Å². The van der Waals surface area contributed by atoms with Gasteiger partial charge < -0.3 is 0 Å². The Labute approximate surface area is 129 Å². The number of nitrogens with one attached hydrogen (secondary N) is 1. The van der Waals surface area contributed by atoms with E-state index in [4.69, 9.17) is 0 Å². The summed E-state index contributed by atoms with van der Waals surface area (Å²) in [4.78, 5) is -0.0198. The van der Waals surface area contributed by atoms with Gasteiger partial charge in [0, 0.05) is 6.42 Å². The number of sulfonamides is 1. The van der Waals surface area contributed by atoms with Gasteiger partial charge in [0.2, 0.25) is 10.0 Å². The molecule has 2 rings (SSSR count). The van der Waals surface area contributed by atoms with Crippen LogP contribution in [0.25, 0.3) is 0 Å². The van der Waals surface area contributed by atoms with Crippen molar-refractivity contribution >= 4 is 10.0 Å². The number of rotatable bonds is 6. The van der Waals surface area contributed by atoms with Crippen molar-refractivity contribution in [3.05, 3.63) is 65.7 Å². The first-order valence-corrected chi connectivity index (χ1v) is 8.25. The van der Waals surface area contributed by atoms with Crippen LogP contribution in [0.1, 0.15) is 11.1 Å². The Hall–Kier alpha value is -1.79. The van der Waals surface area contributed by atoms with E-state index in [0.29, 0.717) is 5.56 Å². The first kappa shape index (κ1) is 16.6. The van der Waals surface area contributed by atoms with Crippen LogP contribution in [0.5, 0.6) is 0 Å². The average Bonchev–Trinajstić information content (AvgIpc) is 2.47. The fourth-order valence-electron chi connectivity index (χ4n) is 1.96. The molecule has 1 N–H and O–H groups in total. The van der Waals surface area contributed by atoms with E-state index < -0.39 is 28.9 Å². The molecule has 2 aromatic carbocycles. The lowest BCUT2D eigenvalue weighted by Crippen LogP contribution is -2.38. The van der Waals surface area contributed by atoms with Gasteiger partial charge in [-0.05, 0) is 24.6 Å². The maximum Gasteiger partial charge on any atom is 0.265 e. The van der Waals surface area contributed by atoms with Crippen LogP contribution >= 0.6 is 0 Å². The third-order valence-corrected chi connectivity index (χ3v) is 4.57. The van der Waals surface area contributed by atoms with Gasteiger partial charge in [-0.3, -0.25) is 0 Å². The Balaban J connectivity index is 2.03. The van der Waals surface area contributed by atoms with E-state index in [1.54, 1.807) is 42.5 Å². The highest BCUT2D eigenvalue weighted by molar-refractivity contribution is 7.89. The summed E-state index contributed by atoms with van der Waals surface area (Å²) in [6.45, 7) is 0.885. The zero-order chi connectivity index (χ0) is 16.2. The number of hydrogen-bond donors (Lipinski definition) is 1. The summed E-state index contributed by atoms with van der Waals surface area (Å²) in [5.41, 5.74) is 1.36. The Morgan fingerprint density at radius 2 is 1.59 bits per heavy atom. The highest BCUT2D eigenvalue weighted by atomic mass is 32.2. The molecule has 0 aliphatic rings. The first-order valence-electron chi connectivity index (χ1n) is 6.77. The molecule has 0 aliphatic carbocycles. The van der Waals surface area contributed by atoms with Crippen molar-refractivity contribution < 1.29 is 17.2 Å². The SMILES string of the molecule is Cc1ccc(S(=O)(=O)NCC(F)(F)Cc2ccccc2)cc1. The molecule has 118 valence electrons. The van der Waals surface area contributed by atoms with Gasteiger partial charge >= 0.3 is 0 Å². The minimum absolute atomic E-state index is 0.0198. The lowest BCUT2D eigenvalue weighted by molar-refractivity contribution is 0.00773. The van der Waals surface area contributed by atoms with E-state index in [0.717, 1.165) is 5.56 Å². The molecule has 0 fully saturated rings. The summed E-state index contributed by atoms with van der Waals surface area (Å²) < 4.78 is 53.8. The van der Waals surface area contributed by atoms with Crippen molar-refractivity contribution in [2.24, 2.45) is 0 Å². The number of aryl methyl sites for hydroxylation is 1. The topological polar surface area (TPSA) is 46.2 Å². The summed E-state index contributed by atoms with van der Waals surface area (Å²) in [5, 5.41) is 0. The lowest BCUT2D eigenvalue weighted by Gasteiger charge is -2.17. The van der Waals surface area contributed by atoms with Crippen molar-refractivity contribution in [1.29, 1.82) is 0 Å². The zero-order valence-corrected chi connectivity index (χ0v) is 12.9. The van der Waals surface area contributed by atoms with Crippen molar-refractivity contribution in [2.75, 3.05) is 6.54 Å². The number of benzene rings is 2. The summed E-state index contributed by atoms with van der Waals surface area (Å²) >= 11 is 0. The lowest BCUT2D eigenvalue weighted by atomic mass is 10.1. The highest BCUT2D eigenvalue weighted by Gasteiger charge is 2.31. The van der Waals surface area contributed by atoms with E-state index in [1.165, 1.54) is 12.1 Å². The average molecular weight is 325 g/mol. The van der Waals surface area contributed by atoms with E-state index >= 15 is 0 Å². The number of halogens is 2. The third-order valence-electron chi connectivity index (χ3n) is 3.16. The molecule has 0 heterocycles. The summed E-state index contributed by atoms with van der Waals surface area (Å²) in [5.74, 6) is -3.15. The standard InChI is InChI=1S/C16H17F2NO2S/c1-13-7-9-15(10-8-13)22(20,21)19-12-16(17,18)11-14-5-3-2-4-6-14/h2-10,19H,11-12H2,1H3. The number of alkyl halides is 2. The van der Waals surface area contributed by atoms with Crippen LogP contribution in [0.15, 0.2) is 59.5 Å². The maximum absolute atomic E-state index is 13.9. The van der Waals surface area contributed by atoms with Gasteiger partial charge in [-0.15, -0.1) is 0 Å². The maximum atomic E-state index is 13.9. The van der Waals surface area contributed by atoms with Crippen LogP contribution in [0.3, 0.4) is 0 Å². The molecule has 0 unspecified atom stereocenters. The summed E-state index contributed by atoms with van der Waals surface area (Å²) in [6, 6.07) is 14.3. The third kappa shape index (κ3) is 4.61. The molecule has 0 saturated heterocycles. The second-order valence-electron chi connectivity index (χ2n) is 5.16. The minimum atomic E-state index is -3.93. The Morgan fingerprint density at radius 1 is 1.00 bits per heavy atom. The molecule has 0 radical (unpaired) electrons. The predicted octanol–water partition coefficient (Wildman–Crippen LogP) is 3.15. The van der Waals surface area contributed by atoms with Crippen LogP contribution in [-0.2, 0) is 16.4 Å². The fourth-order valence-corrected chi connectivity index (χ4v) is 3.02. The quantitative estimate of drug-likeness (QED) is 0.887. The van der Waals surface area contributed by atoms with Gasteiger partial charge in [-0.25, -0.2) is 21.9 Å². The molecule has 0 saturated carbocycles. The fraction of sp³-hybridized carbons (Fsp3) is 0.250. The van der Waals surface area contributed by atoms with Gasteiger partial charge in [0.15, 0.2) is 0 Å². The largest absolute Gasteiger partial charge is 0.265 e. The number of hydrogen-bond acceptors (Lipinski definition) is 2. The van der Waals surface area contributed by atoms with E-state index in [2.05, 4.69) is 0 Å². The Morgan fingerprint density at radius 3 is 2.18 bits per heavy atom. The van der Waals surface area contributed by atoms with Crippen LogP contribution in [0.2, 0.25) is 0 Å². The molecule has 0 aliphatic heterocycles. The Bertz CT molecular complexity index is 714. The monoisotopic (exact) mass is 325 g/mol. The second kappa shape index (κ2) is 6.54. The molecule has 0 aromatic heterocycles. The van der Waals surface area contributed by atoms with Gasteiger partial charge in [0.1, 0.15) is 0 Å². The molecular weight excluding hydrogens is 308 g/mol. The second-order valence-corrected chi connectivity index (χ2v) is 6.92. The minimum Gasteiger partial charge on any atom is -0.207 e. The molecule has 0 spiro atoms. The van der Waals surface area contributed by atoms with Crippen LogP contribution < -0.4 is 4.72 Å². The van der Waals surface area contributed by atoms with Crippen LogP contribution in [0.4, 0.5) is 8.78 Å². The summed E-state index contributed by atoms with van der Waals surface area (Å²) in [6.07, 6.45) is -0.510. The molecule has 0 atom stereocenters.